The van der Waals surface area contributed by atoms with Crippen LogP contribution in [0.3, 0.4) is 0 Å². The van der Waals surface area contributed by atoms with Crippen LogP contribution in [0.5, 0.6) is 5.75 Å². The Hall–Kier alpha value is -2.89. The van der Waals surface area contributed by atoms with Crippen molar-refractivity contribution >= 4 is 0 Å². The predicted molar refractivity (Wildman–Crippen MR) is 97.9 cm³/mol. The molecule has 0 atom stereocenters. The molecule has 0 spiro atoms. The molecule has 0 amide bonds. The smallest absolute Gasteiger partial charge is 0.403 e. The monoisotopic (exact) mass is 392 g/mol. The zero-order chi connectivity index (χ0) is 20.3. The molecule has 0 saturated carbocycles. The summed E-state index contributed by atoms with van der Waals surface area (Å²) in [6, 6.07) is 16.6. The number of ether oxygens (including phenoxy) is 1. The summed E-state index contributed by atoms with van der Waals surface area (Å²) in [4.78, 5) is 0. The third kappa shape index (κ3) is 4.50. The Bertz CT molecular complexity index is 944. The number of hydrogen-bond donors (Lipinski definition) is 0. The lowest BCUT2D eigenvalue weighted by molar-refractivity contribution is -0.275. The Morgan fingerprint density at radius 3 is 1.79 bits per heavy atom. The van der Waals surface area contributed by atoms with E-state index < -0.39 is 23.7 Å². The number of halogens is 5. The molecule has 3 aromatic rings. The number of hydrogen-bond acceptors (Lipinski definition) is 1. The molecule has 0 saturated heterocycles. The predicted octanol–water partition coefficient (Wildman–Crippen LogP) is 7.15. The van der Waals surface area contributed by atoms with E-state index in [1.807, 2.05) is 24.3 Å². The summed E-state index contributed by atoms with van der Waals surface area (Å²) >= 11 is 0. The van der Waals surface area contributed by atoms with Gasteiger partial charge in [-0.25, -0.2) is 4.39 Å². The highest BCUT2D eigenvalue weighted by Crippen LogP contribution is 2.33. The van der Waals surface area contributed by atoms with Crippen molar-refractivity contribution in [2.45, 2.75) is 26.1 Å². The molecule has 0 aliphatic heterocycles. The molecular formula is C22H17F5O. The van der Waals surface area contributed by atoms with Crippen LogP contribution < -0.4 is 4.74 Å². The van der Waals surface area contributed by atoms with Crippen LogP contribution in [-0.2, 0) is 6.42 Å². The fourth-order valence-electron chi connectivity index (χ4n) is 2.95. The van der Waals surface area contributed by atoms with Crippen molar-refractivity contribution in [3.8, 4) is 28.0 Å². The largest absolute Gasteiger partial charge is 0.573 e. The Balaban J connectivity index is 1.86. The molecule has 0 N–H and O–H groups in total. The van der Waals surface area contributed by atoms with Crippen LogP contribution in [0.15, 0.2) is 60.7 Å². The van der Waals surface area contributed by atoms with Crippen molar-refractivity contribution in [2.75, 3.05) is 0 Å². The van der Waals surface area contributed by atoms with E-state index in [1.54, 1.807) is 24.3 Å². The quantitative estimate of drug-likeness (QED) is 0.419. The molecule has 0 aliphatic rings. The van der Waals surface area contributed by atoms with Gasteiger partial charge in [0.15, 0.2) is 11.6 Å². The van der Waals surface area contributed by atoms with Crippen LogP contribution in [0.4, 0.5) is 22.0 Å². The van der Waals surface area contributed by atoms with E-state index in [0.717, 1.165) is 36.1 Å². The first kappa shape index (κ1) is 19.9. The molecule has 3 rings (SSSR count). The minimum atomic E-state index is -5.09. The van der Waals surface area contributed by atoms with Gasteiger partial charge in [0.05, 0.1) is 0 Å². The molecule has 6 heteroatoms. The zero-order valence-electron chi connectivity index (χ0n) is 15.0. The molecule has 3 aromatic carbocycles. The van der Waals surface area contributed by atoms with Crippen molar-refractivity contribution < 1.29 is 26.7 Å². The highest BCUT2D eigenvalue weighted by molar-refractivity contribution is 5.71. The first-order valence-corrected chi connectivity index (χ1v) is 8.72. The highest BCUT2D eigenvalue weighted by Gasteiger charge is 2.33. The van der Waals surface area contributed by atoms with Gasteiger partial charge in [-0.2, -0.15) is 4.39 Å². The summed E-state index contributed by atoms with van der Waals surface area (Å²) in [5.41, 5.74) is 3.32. The second kappa shape index (κ2) is 8.00. The van der Waals surface area contributed by atoms with Crippen LogP contribution in [-0.4, -0.2) is 6.36 Å². The molecular weight excluding hydrogens is 375 g/mol. The van der Waals surface area contributed by atoms with Gasteiger partial charge >= 0.3 is 6.36 Å². The Morgan fingerprint density at radius 1 is 0.714 bits per heavy atom. The van der Waals surface area contributed by atoms with Crippen LogP contribution >= 0.6 is 0 Å². The summed E-state index contributed by atoms with van der Waals surface area (Å²) in [7, 11) is 0. The Kier molecular flexibility index (Phi) is 5.68. The molecule has 146 valence electrons. The lowest BCUT2D eigenvalue weighted by atomic mass is 9.98. The molecule has 0 fully saturated rings. The van der Waals surface area contributed by atoms with E-state index in [4.69, 9.17) is 0 Å². The van der Waals surface area contributed by atoms with E-state index in [2.05, 4.69) is 11.7 Å². The summed E-state index contributed by atoms with van der Waals surface area (Å²) < 4.78 is 68.4. The van der Waals surface area contributed by atoms with E-state index in [-0.39, 0.29) is 5.56 Å². The first-order valence-electron chi connectivity index (χ1n) is 8.72. The highest BCUT2D eigenvalue weighted by atomic mass is 19.4. The fraction of sp³-hybridized carbons (Fsp3) is 0.182. The molecule has 0 unspecified atom stereocenters. The van der Waals surface area contributed by atoms with Gasteiger partial charge in [-0.3, -0.25) is 0 Å². The van der Waals surface area contributed by atoms with Crippen LogP contribution in [0.25, 0.3) is 22.3 Å². The number of rotatable bonds is 5. The van der Waals surface area contributed by atoms with Crippen LogP contribution in [0.2, 0.25) is 0 Å². The molecule has 0 bridgehead atoms. The maximum Gasteiger partial charge on any atom is 0.573 e. The molecule has 0 radical (unpaired) electrons. The van der Waals surface area contributed by atoms with Crippen molar-refractivity contribution in [1.29, 1.82) is 0 Å². The van der Waals surface area contributed by atoms with E-state index in [0.29, 0.717) is 5.56 Å². The normalized spacial score (nSPS) is 11.5. The topological polar surface area (TPSA) is 9.23 Å². The van der Waals surface area contributed by atoms with Crippen molar-refractivity contribution in [3.63, 3.8) is 0 Å². The summed E-state index contributed by atoms with van der Waals surface area (Å²) in [5.74, 6) is -4.26. The standard InChI is InChI=1S/C22H17F5O/c1-2-3-14-4-6-15(7-5-14)16-8-10-17(11-9-16)18-12-13-19(21(24)20(18)23)28-22(25,26)27/h4-13H,2-3H2,1H3. The zero-order valence-corrected chi connectivity index (χ0v) is 15.0. The third-order valence-electron chi connectivity index (χ3n) is 4.29. The Morgan fingerprint density at radius 2 is 1.25 bits per heavy atom. The Labute approximate surface area is 159 Å². The first-order chi connectivity index (χ1) is 13.3. The average Bonchev–Trinajstić information content (AvgIpc) is 2.66. The fourth-order valence-corrected chi connectivity index (χ4v) is 2.95. The second-order valence-corrected chi connectivity index (χ2v) is 6.31. The lowest BCUT2D eigenvalue weighted by Crippen LogP contribution is -2.18. The summed E-state index contributed by atoms with van der Waals surface area (Å²) in [6.07, 6.45) is -3.04. The van der Waals surface area contributed by atoms with E-state index in [9.17, 15) is 22.0 Å². The van der Waals surface area contributed by atoms with Gasteiger partial charge < -0.3 is 4.74 Å². The minimum absolute atomic E-state index is 0.142. The van der Waals surface area contributed by atoms with Gasteiger partial charge in [0.2, 0.25) is 5.82 Å². The SMILES string of the molecule is CCCc1ccc(-c2ccc(-c3ccc(OC(F)(F)F)c(F)c3F)cc2)cc1. The molecule has 28 heavy (non-hydrogen) atoms. The van der Waals surface area contributed by atoms with Gasteiger partial charge in [0.25, 0.3) is 0 Å². The molecule has 0 heterocycles. The van der Waals surface area contributed by atoms with E-state index >= 15 is 0 Å². The third-order valence-corrected chi connectivity index (χ3v) is 4.29. The second-order valence-electron chi connectivity index (χ2n) is 6.31. The van der Waals surface area contributed by atoms with Crippen molar-refractivity contribution in [3.05, 3.63) is 77.9 Å². The van der Waals surface area contributed by atoms with Crippen molar-refractivity contribution in [2.24, 2.45) is 0 Å². The molecule has 0 aromatic heterocycles. The lowest BCUT2D eigenvalue weighted by Gasteiger charge is -2.12. The number of benzene rings is 3. The van der Waals surface area contributed by atoms with Crippen LogP contribution in [0.1, 0.15) is 18.9 Å². The average molecular weight is 392 g/mol. The maximum atomic E-state index is 14.2. The van der Waals surface area contributed by atoms with Gasteiger partial charge in [0, 0.05) is 5.56 Å². The summed E-state index contributed by atoms with van der Waals surface area (Å²) in [5, 5.41) is 0. The van der Waals surface area contributed by atoms with Gasteiger partial charge in [-0.05, 0) is 40.8 Å². The van der Waals surface area contributed by atoms with Crippen LogP contribution in [0, 0.1) is 11.6 Å². The minimum Gasteiger partial charge on any atom is -0.403 e. The van der Waals surface area contributed by atoms with Gasteiger partial charge in [-0.1, -0.05) is 61.9 Å². The van der Waals surface area contributed by atoms with Gasteiger partial charge in [0.1, 0.15) is 0 Å². The molecule has 0 aliphatic carbocycles. The van der Waals surface area contributed by atoms with Gasteiger partial charge in [-0.15, -0.1) is 13.2 Å². The number of aryl methyl sites for hydroxylation is 1. The van der Waals surface area contributed by atoms with E-state index in [1.165, 1.54) is 5.56 Å². The molecule has 1 nitrogen and oxygen atoms in total. The summed E-state index contributed by atoms with van der Waals surface area (Å²) in [6.45, 7) is 2.11. The number of alkyl halides is 3. The maximum absolute atomic E-state index is 14.2. The van der Waals surface area contributed by atoms with Crippen molar-refractivity contribution in [1.82, 2.24) is 0 Å².